The molecule has 1 amide bonds. The van der Waals surface area contributed by atoms with Gasteiger partial charge in [0.25, 0.3) is 0 Å². The van der Waals surface area contributed by atoms with E-state index in [9.17, 15) is 4.79 Å². The molecule has 5 rings (SSSR count). The van der Waals surface area contributed by atoms with Gasteiger partial charge in [-0.25, -0.2) is 0 Å². The molecule has 0 spiro atoms. The fourth-order valence-electron chi connectivity index (χ4n) is 4.12. The first-order valence-corrected chi connectivity index (χ1v) is 10.6. The van der Waals surface area contributed by atoms with Crippen LogP contribution in [0.4, 0.5) is 5.82 Å². The predicted molar refractivity (Wildman–Crippen MR) is 117 cm³/mol. The van der Waals surface area contributed by atoms with Crippen molar-refractivity contribution in [2.24, 2.45) is 0 Å². The van der Waals surface area contributed by atoms with E-state index in [-0.39, 0.29) is 11.8 Å². The van der Waals surface area contributed by atoms with Gasteiger partial charge in [0.05, 0.1) is 12.2 Å². The number of fused-ring (bicyclic) bond motifs is 1. The summed E-state index contributed by atoms with van der Waals surface area (Å²) in [6.45, 7) is 4.88. The van der Waals surface area contributed by atoms with Gasteiger partial charge in [-0.05, 0) is 36.2 Å². The maximum atomic E-state index is 13.1. The van der Waals surface area contributed by atoms with Crippen molar-refractivity contribution in [3.8, 4) is 11.6 Å². The third-order valence-corrected chi connectivity index (χ3v) is 5.81. The molecule has 0 aliphatic carbocycles. The van der Waals surface area contributed by atoms with E-state index in [1.807, 2.05) is 59.5 Å². The minimum absolute atomic E-state index is 0.0879. The number of aromatic nitrogens is 4. The van der Waals surface area contributed by atoms with Gasteiger partial charge in [-0.15, -0.1) is 15.3 Å². The summed E-state index contributed by atoms with van der Waals surface area (Å²) < 4.78 is 7.16. The maximum absolute atomic E-state index is 13.1. The van der Waals surface area contributed by atoms with Crippen molar-refractivity contribution in [2.45, 2.75) is 19.3 Å². The third kappa shape index (κ3) is 3.65. The number of amides is 1. The number of carbonyl (C=O) groups excluding carboxylic acids is 1. The molecule has 1 saturated heterocycles. The molecule has 1 unspecified atom stereocenters. The summed E-state index contributed by atoms with van der Waals surface area (Å²) in [4.78, 5) is 17.3. The van der Waals surface area contributed by atoms with Crippen LogP contribution in [0.1, 0.15) is 24.8 Å². The Morgan fingerprint density at radius 3 is 2.52 bits per heavy atom. The summed E-state index contributed by atoms with van der Waals surface area (Å²) >= 11 is 0. The van der Waals surface area contributed by atoms with Crippen molar-refractivity contribution >= 4 is 17.4 Å². The molecule has 4 heterocycles. The molecule has 0 N–H and O–H groups in total. The lowest BCUT2D eigenvalue weighted by Gasteiger charge is -2.37. The molecule has 1 aromatic carbocycles. The van der Waals surface area contributed by atoms with Crippen molar-refractivity contribution < 1.29 is 9.21 Å². The quantitative estimate of drug-likeness (QED) is 0.497. The molecular formula is C23H24N6O2. The highest BCUT2D eigenvalue weighted by molar-refractivity contribution is 5.84. The van der Waals surface area contributed by atoms with Gasteiger partial charge in [-0.3, -0.25) is 4.79 Å². The Bertz CT molecular complexity index is 1160. The minimum atomic E-state index is -0.0879. The summed E-state index contributed by atoms with van der Waals surface area (Å²) in [5.74, 6) is 2.15. The molecule has 158 valence electrons. The van der Waals surface area contributed by atoms with Crippen molar-refractivity contribution in [3.05, 3.63) is 66.4 Å². The van der Waals surface area contributed by atoms with Crippen LogP contribution in [0.3, 0.4) is 0 Å². The highest BCUT2D eigenvalue weighted by Gasteiger charge is 2.28. The highest BCUT2D eigenvalue weighted by atomic mass is 16.3. The van der Waals surface area contributed by atoms with Crippen molar-refractivity contribution in [2.75, 3.05) is 31.1 Å². The second-order valence-electron chi connectivity index (χ2n) is 7.65. The average Bonchev–Trinajstić information content (AvgIpc) is 3.50. The van der Waals surface area contributed by atoms with Gasteiger partial charge in [0.15, 0.2) is 11.4 Å². The monoisotopic (exact) mass is 416 g/mol. The number of piperazine rings is 1. The largest absolute Gasteiger partial charge is 0.461 e. The van der Waals surface area contributed by atoms with Crippen molar-refractivity contribution in [1.29, 1.82) is 0 Å². The average molecular weight is 416 g/mol. The number of furan rings is 1. The Balaban J connectivity index is 1.31. The van der Waals surface area contributed by atoms with Gasteiger partial charge in [0, 0.05) is 26.2 Å². The first-order chi connectivity index (χ1) is 15.2. The van der Waals surface area contributed by atoms with Crippen LogP contribution in [-0.4, -0.2) is 56.8 Å². The van der Waals surface area contributed by atoms with Crippen molar-refractivity contribution in [3.63, 3.8) is 0 Å². The van der Waals surface area contributed by atoms with Gasteiger partial charge in [-0.1, -0.05) is 37.3 Å². The fraction of sp³-hybridized carbons (Fsp3) is 0.304. The second kappa shape index (κ2) is 8.22. The van der Waals surface area contributed by atoms with Crippen LogP contribution >= 0.6 is 0 Å². The molecule has 8 heteroatoms. The maximum Gasteiger partial charge on any atom is 0.230 e. The Morgan fingerprint density at radius 1 is 1.00 bits per heavy atom. The van der Waals surface area contributed by atoms with E-state index in [1.54, 1.807) is 10.8 Å². The van der Waals surface area contributed by atoms with Crippen LogP contribution in [0.15, 0.2) is 65.3 Å². The lowest BCUT2D eigenvalue weighted by Crippen LogP contribution is -2.50. The number of carbonyl (C=O) groups is 1. The molecule has 0 saturated carbocycles. The Morgan fingerprint density at radius 2 is 1.81 bits per heavy atom. The van der Waals surface area contributed by atoms with E-state index in [4.69, 9.17) is 9.52 Å². The molecule has 3 aromatic heterocycles. The van der Waals surface area contributed by atoms with E-state index in [0.717, 1.165) is 30.9 Å². The molecule has 8 nitrogen and oxygen atoms in total. The Labute approximate surface area is 180 Å². The van der Waals surface area contributed by atoms with Crippen LogP contribution in [0.5, 0.6) is 0 Å². The number of benzene rings is 1. The zero-order chi connectivity index (χ0) is 21.2. The van der Waals surface area contributed by atoms with Crippen LogP contribution < -0.4 is 4.90 Å². The van der Waals surface area contributed by atoms with Crippen LogP contribution in [0, 0.1) is 0 Å². The predicted octanol–water partition coefficient (Wildman–Crippen LogP) is 3.23. The van der Waals surface area contributed by atoms with Crippen LogP contribution in [-0.2, 0) is 4.79 Å². The Hall–Kier alpha value is -3.68. The van der Waals surface area contributed by atoms with E-state index in [2.05, 4.69) is 22.0 Å². The molecule has 1 aliphatic rings. The van der Waals surface area contributed by atoms with E-state index >= 15 is 0 Å². The van der Waals surface area contributed by atoms with Gasteiger partial charge in [0.2, 0.25) is 11.7 Å². The smallest absolute Gasteiger partial charge is 0.230 e. The number of hydrogen-bond acceptors (Lipinski definition) is 6. The molecule has 0 bridgehead atoms. The first kappa shape index (κ1) is 19.3. The molecule has 1 aliphatic heterocycles. The molecule has 1 fully saturated rings. The SMILES string of the molecule is CCC(C(=O)N1CCN(c2ccc3nnc(-c4ccco4)n3n2)CC1)c1ccccc1. The second-order valence-corrected chi connectivity index (χ2v) is 7.65. The zero-order valence-electron chi connectivity index (χ0n) is 17.4. The number of rotatable bonds is 5. The van der Waals surface area contributed by atoms with Crippen molar-refractivity contribution in [1.82, 2.24) is 24.7 Å². The number of hydrogen-bond donors (Lipinski definition) is 0. The third-order valence-electron chi connectivity index (χ3n) is 5.81. The molecule has 31 heavy (non-hydrogen) atoms. The summed E-state index contributed by atoms with van der Waals surface area (Å²) in [7, 11) is 0. The Kier molecular flexibility index (Phi) is 5.11. The summed E-state index contributed by atoms with van der Waals surface area (Å²) in [6.07, 6.45) is 2.40. The van der Waals surface area contributed by atoms with E-state index < -0.39 is 0 Å². The first-order valence-electron chi connectivity index (χ1n) is 10.6. The molecule has 4 aromatic rings. The topological polar surface area (TPSA) is 79.8 Å². The van der Waals surface area contributed by atoms with Gasteiger partial charge in [-0.2, -0.15) is 4.52 Å². The standard InChI is InChI=1S/C23H24N6O2/c1-2-18(17-7-4-3-5-8-17)23(30)28-14-12-27(13-15-28)21-11-10-20-24-25-22(29(20)26-21)19-9-6-16-31-19/h3-11,16,18H,2,12-15H2,1H3. The molecule has 0 radical (unpaired) electrons. The van der Waals surface area contributed by atoms with E-state index in [1.165, 1.54) is 0 Å². The highest BCUT2D eigenvalue weighted by Crippen LogP contribution is 2.24. The summed E-state index contributed by atoms with van der Waals surface area (Å²) in [6, 6.07) is 17.6. The zero-order valence-corrected chi connectivity index (χ0v) is 17.4. The lowest BCUT2D eigenvalue weighted by atomic mass is 9.95. The number of anilines is 1. The summed E-state index contributed by atoms with van der Waals surface area (Å²) in [5, 5.41) is 13.1. The normalized spacial score (nSPS) is 15.4. The molecular weight excluding hydrogens is 392 g/mol. The van der Waals surface area contributed by atoms with E-state index in [0.29, 0.717) is 30.3 Å². The van der Waals surface area contributed by atoms with Crippen LogP contribution in [0.25, 0.3) is 17.2 Å². The minimum Gasteiger partial charge on any atom is -0.461 e. The van der Waals surface area contributed by atoms with Gasteiger partial charge >= 0.3 is 0 Å². The summed E-state index contributed by atoms with van der Waals surface area (Å²) in [5.41, 5.74) is 1.75. The van der Waals surface area contributed by atoms with Gasteiger partial charge < -0.3 is 14.2 Å². The fourth-order valence-corrected chi connectivity index (χ4v) is 4.12. The van der Waals surface area contributed by atoms with Crippen LogP contribution in [0.2, 0.25) is 0 Å². The van der Waals surface area contributed by atoms with Gasteiger partial charge in [0.1, 0.15) is 5.82 Å². The lowest BCUT2D eigenvalue weighted by molar-refractivity contribution is -0.133. The molecule has 1 atom stereocenters. The number of nitrogens with zero attached hydrogens (tertiary/aromatic N) is 6.